The maximum absolute atomic E-state index is 3.75. The van der Waals surface area contributed by atoms with E-state index in [1.165, 1.54) is 74.5 Å². The van der Waals surface area contributed by atoms with Gasteiger partial charge in [0.25, 0.3) is 0 Å². The van der Waals surface area contributed by atoms with Crippen LogP contribution in [0.15, 0.2) is 146 Å². The van der Waals surface area contributed by atoms with E-state index in [1.54, 1.807) is 0 Å². The van der Waals surface area contributed by atoms with Gasteiger partial charge < -0.3 is 5.32 Å². The van der Waals surface area contributed by atoms with Crippen molar-refractivity contribution in [1.29, 1.82) is 0 Å². The molecule has 1 N–H and O–H groups in total. The average Bonchev–Trinajstić information content (AvgIpc) is 3.57. The third-order valence-corrected chi connectivity index (χ3v) is 14.3. The first-order valence-electron chi connectivity index (χ1n) is 15.5. The summed E-state index contributed by atoms with van der Waals surface area (Å²) in [6.07, 6.45) is 0. The molecule has 0 spiro atoms. The highest BCUT2D eigenvalue weighted by molar-refractivity contribution is 7.69. The molecule has 0 aliphatic carbocycles. The van der Waals surface area contributed by atoms with Gasteiger partial charge in [-0.15, -0.1) is 0 Å². The van der Waals surface area contributed by atoms with Crippen molar-refractivity contribution in [2.75, 3.05) is 5.32 Å². The highest BCUT2D eigenvalue weighted by Gasteiger charge is 2.21. The van der Waals surface area contributed by atoms with Crippen LogP contribution in [-0.2, 0) is 0 Å². The fourth-order valence-corrected chi connectivity index (χ4v) is 12.5. The minimum absolute atomic E-state index is 0.661. The van der Waals surface area contributed by atoms with E-state index in [-0.39, 0.29) is 0 Å². The first kappa shape index (κ1) is 26.6. The molecule has 214 valence electrons. The van der Waals surface area contributed by atoms with Gasteiger partial charge in [0.05, 0.1) is 0 Å². The van der Waals surface area contributed by atoms with Gasteiger partial charge in [-0.3, -0.25) is 0 Å². The lowest BCUT2D eigenvalue weighted by atomic mass is 10.0. The molecule has 2 atom stereocenters. The van der Waals surface area contributed by atoms with Crippen LogP contribution in [-0.4, -0.2) is 0 Å². The molecule has 9 aromatic rings. The van der Waals surface area contributed by atoms with Crippen LogP contribution >= 0.6 is 15.1 Å². The SMILES string of the molecule is Cc1ccc(Nc2ccc3c4cc5c(cc4p(-c4ccccc4)c3c2)c2c3ccccc3ccc2p5-c2ccccc2)c(C)c1. The fraction of sp³-hybridized carbons (Fsp3) is 0.0476. The van der Waals surface area contributed by atoms with Crippen molar-refractivity contribution in [3.63, 3.8) is 0 Å². The zero-order chi connectivity index (χ0) is 30.1. The van der Waals surface area contributed by atoms with E-state index in [4.69, 9.17) is 0 Å². The molecule has 2 heterocycles. The van der Waals surface area contributed by atoms with Crippen molar-refractivity contribution < 1.29 is 0 Å². The summed E-state index contributed by atoms with van der Waals surface area (Å²) in [7, 11) is -1.38. The van der Waals surface area contributed by atoms with E-state index >= 15 is 0 Å². The molecule has 0 saturated carbocycles. The number of fused-ring (bicyclic) bond motifs is 8. The predicted octanol–water partition coefficient (Wildman–Crippen LogP) is 13.8. The monoisotopic (exact) mass is 611 g/mol. The molecular formula is C42H31NP2. The predicted molar refractivity (Wildman–Crippen MR) is 201 cm³/mol. The first-order chi connectivity index (χ1) is 22.1. The third-order valence-electron chi connectivity index (χ3n) is 9.23. The molecule has 1 nitrogen and oxygen atoms in total. The van der Waals surface area contributed by atoms with Gasteiger partial charge in [-0.05, 0) is 93.3 Å². The Morgan fingerprint density at radius 2 is 1.09 bits per heavy atom. The van der Waals surface area contributed by atoms with Gasteiger partial charge in [0.15, 0.2) is 0 Å². The molecule has 7 aromatic carbocycles. The minimum atomic E-state index is -0.716. The summed E-state index contributed by atoms with van der Waals surface area (Å²) < 4.78 is 0. The average molecular weight is 612 g/mol. The lowest BCUT2D eigenvalue weighted by Gasteiger charge is -2.11. The summed E-state index contributed by atoms with van der Waals surface area (Å²) in [5.74, 6) is 0. The quantitative estimate of drug-likeness (QED) is 0.209. The second-order valence-electron chi connectivity index (χ2n) is 12.1. The molecule has 0 bridgehead atoms. The summed E-state index contributed by atoms with van der Waals surface area (Å²) in [4.78, 5) is 0. The smallest absolute Gasteiger partial charge is 0.0414 e. The molecule has 0 aliphatic heterocycles. The van der Waals surface area contributed by atoms with Gasteiger partial charge in [0.2, 0.25) is 0 Å². The van der Waals surface area contributed by atoms with Crippen molar-refractivity contribution in [2.24, 2.45) is 0 Å². The van der Waals surface area contributed by atoms with Gasteiger partial charge in [-0.1, -0.05) is 130 Å². The summed E-state index contributed by atoms with van der Waals surface area (Å²) in [5, 5.41) is 20.7. The van der Waals surface area contributed by atoms with Crippen molar-refractivity contribution in [1.82, 2.24) is 0 Å². The number of hydrogen-bond donors (Lipinski definition) is 1. The van der Waals surface area contributed by atoms with E-state index in [1.807, 2.05) is 0 Å². The maximum atomic E-state index is 3.75. The number of hydrogen-bond acceptors (Lipinski definition) is 1. The Hall–Kier alpha value is -4.80. The summed E-state index contributed by atoms with van der Waals surface area (Å²) in [6.45, 7) is 4.34. The van der Waals surface area contributed by atoms with Crippen LogP contribution in [0.5, 0.6) is 0 Å². The first-order valence-corrected chi connectivity index (χ1v) is 18.2. The Kier molecular flexibility index (Phi) is 6.14. The topological polar surface area (TPSA) is 12.0 Å². The largest absolute Gasteiger partial charge is 0.355 e. The Balaban J connectivity index is 1.40. The molecule has 0 radical (unpaired) electrons. The van der Waals surface area contributed by atoms with E-state index < -0.39 is 15.1 Å². The molecule has 0 aliphatic rings. The zero-order valence-corrected chi connectivity index (χ0v) is 27.0. The molecule has 3 heteroatoms. The van der Waals surface area contributed by atoms with Crippen LogP contribution in [0.25, 0.3) is 63.4 Å². The van der Waals surface area contributed by atoms with Crippen molar-refractivity contribution in [3.05, 3.63) is 157 Å². The van der Waals surface area contributed by atoms with Gasteiger partial charge >= 0.3 is 0 Å². The molecule has 2 unspecified atom stereocenters. The summed E-state index contributed by atoms with van der Waals surface area (Å²) in [6, 6.07) is 54.8. The molecule has 9 rings (SSSR count). The van der Waals surface area contributed by atoms with Crippen LogP contribution in [0.1, 0.15) is 11.1 Å². The van der Waals surface area contributed by atoms with E-state index in [0.717, 1.165) is 11.4 Å². The Labute approximate surface area is 264 Å². The molecule has 0 amide bonds. The second kappa shape index (κ2) is 10.4. The minimum Gasteiger partial charge on any atom is -0.355 e. The Bertz CT molecular complexity index is 2570. The van der Waals surface area contributed by atoms with Gasteiger partial charge in [-0.2, -0.15) is 0 Å². The highest BCUT2D eigenvalue weighted by atomic mass is 31.1. The van der Waals surface area contributed by atoms with E-state index in [9.17, 15) is 0 Å². The van der Waals surface area contributed by atoms with Crippen molar-refractivity contribution in [2.45, 2.75) is 13.8 Å². The normalized spacial score (nSPS) is 12.6. The third kappa shape index (κ3) is 4.23. The Morgan fingerprint density at radius 1 is 0.444 bits per heavy atom. The van der Waals surface area contributed by atoms with Gasteiger partial charge in [-0.25, -0.2) is 0 Å². The van der Waals surface area contributed by atoms with Crippen LogP contribution in [0.2, 0.25) is 0 Å². The molecule has 45 heavy (non-hydrogen) atoms. The fourth-order valence-electron chi connectivity index (χ4n) is 7.19. The van der Waals surface area contributed by atoms with Gasteiger partial charge in [0.1, 0.15) is 0 Å². The van der Waals surface area contributed by atoms with Gasteiger partial charge in [0, 0.05) is 37.2 Å². The zero-order valence-electron chi connectivity index (χ0n) is 25.3. The molecule has 2 aromatic heterocycles. The number of rotatable bonds is 4. The molecule has 0 fully saturated rings. The van der Waals surface area contributed by atoms with E-state index in [0.29, 0.717) is 0 Å². The van der Waals surface area contributed by atoms with Crippen LogP contribution < -0.4 is 5.32 Å². The lowest BCUT2D eigenvalue weighted by molar-refractivity contribution is 1.37. The van der Waals surface area contributed by atoms with Crippen LogP contribution in [0.4, 0.5) is 11.4 Å². The summed E-state index contributed by atoms with van der Waals surface area (Å²) >= 11 is 0. The molecular weight excluding hydrogens is 580 g/mol. The highest BCUT2D eigenvalue weighted by Crippen LogP contribution is 2.61. The van der Waals surface area contributed by atoms with Crippen LogP contribution in [0.3, 0.4) is 0 Å². The second-order valence-corrected chi connectivity index (χ2v) is 16.4. The van der Waals surface area contributed by atoms with Crippen molar-refractivity contribution >= 4 is 79.2 Å². The standard InChI is InChI=1S/C42H31NP2/c1-27-17-21-37(28(2)23-27)43-30-19-20-34-35-25-41-36(26-40(35)45(39(34)24-30)32-14-7-4-8-15-32)42-33-16-10-9-11-29(33)18-22-38(42)44(41)31-12-5-3-6-13-31/h3-26,43H,1-2H3. The number of anilines is 2. The number of nitrogens with one attached hydrogen (secondary N) is 1. The number of benzene rings is 7. The summed E-state index contributed by atoms with van der Waals surface area (Å²) in [5.41, 5.74) is 4.86. The number of aryl methyl sites for hydroxylation is 2. The van der Waals surface area contributed by atoms with E-state index in [2.05, 4.69) is 165 Å². The maximum Gasteiger partial charge on any atom is 0.0414 e. The van der Waals surface area contributed by atoms with Crippen molar-refractivity contribution in [3.8, 4) is 10.6 Å². The van der Waals surface area contributed by atoms with Crippen LogP contribution in [0, 0.1) is 13.8 Å². The Morgan fingerprint density at radius 3 is 1.84 bits per heavy atom. The molecule has 0 saturated heterocycles. The lowest BCUT2D eigenvalue weighted by Crippen LogP contribution is -1.93.